The van der Waals surface area contributed by atoms with Crippen molar-refractivity contribution in [2.45, 2.75) is 84.1 Å². The van der Waals surface area contributed by atoms with Crippen molar-refractivity contribution < 1.29 is 19.2 Å². The second-order valence-corrected chi connectivity index (χ2v) is 11.3. The number of amides is 1. The lowest BCUT2D eigenvalue weighted by Crippen LogP contribution is -2.52. The van der Waals surface area contributed by atoms with Crippen LogP contribution in [0, 0.1) is 5.92 Å². The van der Waals surface area contributed by atoms with Crippen molar-refractivity contribution in [3.05, 3.63) is 0 Å². The monoisotopic (exact) mass is 390 g/mol. The van der Waals surface area contributed by atoms with E-state index in [0.29, 0.717) is 32.0 Å². The minimum Gasteiger partial charge on any atom is -0.597 e. The lowest BCUT2D eigenvalue weighted by molar-refractivity contribution is 0.0156. The maximum Gasteiger partial charge on any atom is 0.410 e. The minimum absolute atomic E-state index is 0.0989. The first kappa shape index (κ1) is 23.5. The number of likely N-dealkylation sites (tertiary alicyclic amines) is 1. The van der Waals surface area contributed by atoms with E-state index < -0.39 is 17.0 Å². The molecule has 0 aromatic heterocycles. The zero-order valence-electron chi connectivity index (χ0n) is 17.6. The van der Waals surface area contributed by atoms with E-state index in [1.54, 1.807) is 4.90 Å². The molecule has 0 spiro atoms. The smallest absolute Gasteiger partial charge is 0.410 e. The Hall–Kier alpha value is -0.500. The summed E-state index contributed by atoms with van der Waals surface area (Å²) in [6.45, 7) is 15.7. The van der Waals surface area contributed by atoms with E-state index in [1.165, 1.54) is 0 Å². The molecule has 0 aromatic rings. The number of rotatable bonds is 6. The Labute approximate surface area is 162 Å². The summed E-state index contributed by atoms with van der Waals surface area (Å²) in [7, 11) is 0. The third kappa shape index (κ3) is 7.25. The number of carbonyl (C=O) groups excluding carboxylic acids is 1. The summed E-state index contributed by atoms with van der Waals surface area (Å²) in [4.78, 5) is 14.0. The molecular weight excluding hydrogens is 352 g/mol. The SMILES string of the molecule is C[C@@H](C1CCN(C(=O)OC(C)(C)C)CC1)N(CCCO)[S@@+]([O-])C(C)(C)C. The van der Waals surface area contributed by atoms with Gasteiger partial charge in [0.2, 0.25) is 0 Å². The molecule has 1 heterocycles. The van der Waals surface area contributed by atoms with Crippen LogP contribution in [0.1, 0.15) is 67.7 Å². The van der Waals surface area contributed by atoms with Crippen molar-refractivity contribution in [3.8, 4) is 0 Å². The second kappa shape index (κ2) is 9.62. The lowest BCUT2D eigenvalue weighted by atomic mass is 9.90. The van der Waals surface area contributed by atoms with Crippen LogP contribution in [0.3, 0.4) is 0 Å². The van der Waals surface area contributed by atoms with Gasteiger partial charge in [-0.05, 0) is 73.6 Å². The van der Waals surface area contributed by atoms with Crippen LogP contribution in [0.4, 0.5) is 4.79 Å². The van der Waals surface area contributed by atoms with Gasteiger partial charge in [-0.3, -0.25) is 0 Å². The van der Waals surface area contributed by atoms with Crippen LogP contribution in [-0.2, 0) is 16.1 Å². The third-order valence-corrected chi connectivity index (χ3v) is 6.59. The normalized spacial score (nSPS) is 19.5. The van der Waals surface area contributed by atoms with Gasteiger partial charge >= 0.3 is 6.09 Å². The average molecular weight is 391 g/mol. The van der Waals surface area contributed by atoms with Gasteiger partial charge in [0.05, 0.1) is 6.04 Å². The first-order chi connectivity index (χ1) is 11.9. The highest BCUT2D eigenvalue weighted by atomic mass is 32.2. The Bertz CT molecular complexity index is 440. The number of aliphatic hydroxyl groups is 1. The Kier molecular flexibility index (Phi) is 8.71. The highest BCUT2D eigenvalue weighted by Gasteiger charge is 2.39. The molecule has 1 aliphatic heterocycles. The average Bonchev–Trinajstić information content (AvgIpc) is 2.52. The fourth-order valence-electron chi connectivity index (χ4n) is 3.14. The molecule has 0 bridgehead atoms. The largest absolute Gasteiger partial charge is 0.597 e. The van der Waals surface area contributed by atoms with Crippen LogP contribution in [0.25, 0.3) is 0 Å². The van der Waals surface area contributed by atoms with Crippen LogP contribution in [0.2, 0.25) is 0 Å². The van der Waals surface area contributed by atoms with E-state index in [2.05, 4.69) is 6.92 Å². The van der Waals surface area contributed by atoms with E-state index in [9.17, 15) is 14.5 Å². The van der Waals surface area contributed by atoms with E-state index in [0.717, 1.165) is 12.8 Å². The number of ether oxygens (including phenoxy) is 1. The van der Waals surface area contributed by atoms with Crippen molar-refractivity contribution in [1.82, 2.24) is 9.21 Å². The zero-order chi connectivity index (χ0) is 20.1. The predicted molar refractivity (Wildman–Crippen MR) is 106 cm³/mol. The molecule has 1 amide bonds. The molecule has 0 radical (unpaired) electrons. The summed E-state index contributed by atoms with van der Waals surface area (Å²) in [6, 6.07) is 0.141. The van der Waals surface area contributed by atoms with E-state index >= 15 is 0 Å². The van der Waals surface area contributed by atoms with E-state index in [1.807, 2.05) is 45.8 Å². The minimum atomic E-state index is -1.12. The Balaban J connectivity index is 2.68. The quantitative estimate of drug-likeness (QED) is 0.705. The highest BCUT2D eigenvalue weighted by molar-refractivity contribution is 7.90. The second-order valence-electron chi connectivity index (χ2n) is 9.12. The molecule has 1 fully saturated rings. The highest BCUT2D eigenvalue weighted by Crippen LogP contribution is 2.30. The van der Waals surface area contributed by atoms with Gasteiger partial charge < -0.3 is 19.3 Å². The van der Waals surface area contributed by atoms with Crippen LogP contribution >= 0.6 is 0 Å². The number of carbonyl (C=O) groups is 1. The molecule has 6 nitrogen and oxygen atoms in total. The fourth-order valence-corrected chi connectivity index (χ4v) is 4.61. The van der Waals surface area contributed by atoms with Crippen LogP contribution in [0.15, 0.2) is 0 Å². The molecule has 1 N–H and O–H groups in total. The Morgan fingerprint density at radius 3 is 2.23 bits per heavy atom. The van der Waals surface area contributed by atoms with Gasteiger partial charge in [-0.25, -0.2) is 4.79 Å². The zero-order valence-corrected chi connectivity index (χ0v) is 18.4. The summed E-state index contributed by atoms with van der Waals surface area (Å²) in [5.41, 5.74) is -0.480. The number of nitrogens with zero attached hydrogens (tertiary/aromatic N) is 2. The van der Waals surface area contributed by atoms with Crippen molar-refractivity contribution in [3.63, 3.8) is 0 Å². The van der Waals surface area contributed by atoms with Crippen molar-refractivity contribution in [1.29, 1.82) is 0 Å². The van der Waals surface area contributed by atoms with Gasteiger partial charge in [-0.1, -0.05) is 0 Å². The number of hydrogen-bond donors (Lipinski definition) is 1. The molecule has 7 heteroatoms. The number of hydrogen-bond acceptors (Lipinski definition) is 5. The summed E-state index contributed by atoms with van der Waals surface area (Å²) >= 11 is -1.12. The van der Waals surface area contributed by atoms with Crippen LogP contribution < -0.4 is 0 Å². The number of piperidine rings is 1. The molecular formula is C19H38N2O4S. The summed E-state index contributed by atoms with van der Waals surface area (Å²) in [6.07, 6.45) is 2.11. The number of aliphatic hydroxyl groups excluding tert-OH is 1. The van der Waals surface area contributed by atoms with E-state index in [4.69, 9.17) is 4.74 Å². The van der Waals surface area contributed by atoms with Gasteiger partial charge in [0.25, 0.3) is 0 Å². The molecule has 0 unspecified atom stereocenters. The van der Waals surface area contributed by atoms with Gasteiger partial charge in [-0.2, -0.15) is 0 Å². The van der Waals surface area contributed by atoms with Crippen molar-refractivity contribution in [2.24, 2.45) is 5.92 Å². The Morgan fingerprint density at radius 1 is 1.27 bits per heavy atom. The standard InChI is InChI=1S/C19H38N2O4S/c1-15(21(11-8-14-22)26(24)19(5,6)7)16-9-12-20(13-10-16)17(23)25-18(2,3)4/h15-16,22H,8-14H2,1-7H3/t15-,26-/m0/s1. The molecule has 0 aromatic carbocycles. The maximum atomic E-state index is 13.0. The molecule has 2 atom stereocenters. The molecule has 1 rings (SSSR count). The van der Waals surface area contributed by atoms with E-state index in [-0.39, 0.29) is 23.5 Å². The van der Waals surface area contributed by atoms with Crippen molar-refractivity contribution in [2.75, 3.05) is 26.2 Å². The van der Waals surface area contributed by atoms with Crippen LogP contribution in [0.5, 0.6) is 0 Å². The fraction of sp³-hybridized carbons (Fsp3) is 0.947. The van der Waals surface area contributed by atoms with Gasteiger partial charge in [0.1, 0.15) is 10.3 Å². The summed E-state index contributed by atoms with van der Waals surface area (Å²) in [5, 5.41) is 9.20. The maximum absolute atomic E-state index is 13.0. The lowest BCUT2D eigenvalue weighted by Gasteiger charge is -2.41. The first-order valence-corrected chi connectivity index (χ1v) is 10.7. The van der Waals surface area contributed by atoms with Gasteiger partial charge in [0, 0.05) is 37.6 Å². The molecule has 1 saturated heterocycles. The molecule has 26 heavy (non-hydrogen) atoms. The Morgan fingerprint density at radius 2 is 1.81 bits per heavy atom. The predicted octanol–water partition coefficient (Wildman–Crippen LogP) is 3.17. The van der Waals surface area contributed by atoms with Gasteiger partial charge in [0.15, 0.2) is 0 Å². The van der Waals surface area contributed by atoms with Crippen molar-refractivity contribution >= 4 is 17.5 Å². The topological polar surface area (TPSA) is 76.1 Å². The molecule has 0 aliphatic carbocycles. The van der Waals surface area contributed by atoms with Gasteiger partial charge in [-0.15, -0.1) is 4.31 Å². The molecule has 0 saturated carbocycles. The third-order valence-electron chi connectivity index (χ3n) is 4.60. The summed E-state index contributed by atoms with van der Waals surface area (Å²) < 4.78 is 20.1. The summed E-state index contributed by atoms with van der Waals surface area (Å²) in [5.74, 6) is 0.374. The molecule has 1 aliphatic rings. The first-order valence-electron chi connectivity index (χ1n) is 9.64. The molecule has 154 valence electrons. The van der Waals surface area contributed by atoms with Crippen LogP contribution in [-0.4, -0.2) is 67.6 Å².